The Bertz CT molecular complexity index is 484. The van der Waals surface area contributed by atoms with Crippen molar-refractivity contribution in [1.82, 2.24) is 15.0 Å². The van der Waals surface area contributed by atoms with Gasteiger partial charge in [0.15, 0.2) is 0 Å². The van der Waals surface area contributed by atoms with E-state index in [1.165, 1.54) is 4.80 Å². The van der Waals surface area contributed by atoms with Crippen LogP contribution in [0.2, 0.25) is 5.02 Å². The monoisotopic (exact) mass is 204 g/mol. The number of halogens is 1. The Morgan fingerprint density at radius 2 is 2.00 bits per heavy atom. The molecule has 1 aromatic heterocycles. The first-order chi connectivity index (χ1) is 6.81. The zero-order valence-corrected chi connectivity index (χ0v) is 7.81. The molecule has 14 heavy (non-hydrogen) atoms. The standard InChI is InChI=1S/C9H5ClN4/c10-9-5-8(2-1-7(9)6-11)14-12-3-4-13-14/h1-5H. The van der Waals surface area contributed by atoms with Gasteiger partial charge in [-0.3, -0.25) is 0 Å². The zero-order chi connectivity index (χ0) is 9.97. The van der Waals surface area contributed by atoms with Gasteiger partial charge in [0.05, 0.1) is 28.7 Å². The second-order valence-corrected chi connectivity index (χ2v) is 3.00. The first-order valence-electron chi connectivity index (χ1n) is 3.87. The second kappa shape index (κ2) is 3.48. The summed E-state index contributed by atoms with van der Waals surface area (Å²) in [6, 6.07) is 7.02. The topological polar surface area (TPSA) is 54.5 Å². The van der Waals surface area contributed by atoms with Gasteiger partial charge in [-0.05, 0) is 18.2 Å². The molecule has 68 valence electrons. The van der Waals surface area contributed by atoms with Crippen LogP contribution >= 0.6 is 11.6 Å². The van der Waals surface area contributed by atoms with E-state index in [-0.39, 0.29) is 0 Å². The number of rotatable bonds is 1. The Kier molecular flexibility index (Phi) is 2.17. The van der Waals surface area contributed by atoms with Gasteiger partial charge in [-0.2, -0.15) is 20.3 Å². The molecular formula is C9H5ClN4. The summed E-state index contributed by atoms with van der Waals surface area (Å²) in [7, 11) is 0. The Balaban J connectivity index is 2.49. The van der Waals surface area contributed by atoms with Crippen molar-refractivity contribution in [3.05, 3.63) is 41.2 Å². The molecular weight excluding hydrogens is 200 g/mol. The van der Waals surface area contributed by atoms with Gasteiger partial charge in [0, 0.05) is 0 Å². The van der Waals surface area contributed by atoms with Crippen LogP contribution in [0.1, 0.15) is 5.56 Å². The van der Waals surface area contributed by atoms with Crippen molar-refractivity contribution in [2.24, 2.45) is 0 Å². The van der Waals surface area contributed by atoms with E-state index in [1.54, 1.807) is 30.6 Å². The van der Waals surface area contributed by atoms with Crippen LogP contribution in [0.3, 0.4) is 0 Å². The molecule has 2 aromatic rings. The molecule has 1 aromatic carbocycles. The summed E-state index contributed by atoms with van der Waals surface area (Å²) in [5.74, 6) is 0. The summed E-state index contributed by atoms with van der Waals surface area (Å²) in [6.45, 7) is 0. The van der Waals surface area contributed by atoms with E-state index in [0.717, 1.165) is 5.69 Å². The van der Waals surface area contributed by atoms with Crippen molar-refractivity contribution >= 4 is 11.6 Å². The number of nitrogens with zero attached hydrogens (tertiary/aromatic N) is 4. The normalized spacial score (nSPS) is 9.71. The summed E-state index contributed by atoms with van der Waals surface area (Å²) in [5, 5.41) is 17.0. The Hall–Kier alpha value is -1.86. The number of aromatic nitrogens is 3. The van der Waals surface area contributed by atoms with Gasteiger partial charge in [-0.15, -0.1) is 0 Å². The molecule has 5 heteroatoms. The molecule has 0 aliphatic rings. The van der Waals surface area contributed by atoms with Gasteiger partial charge in [0.25, 0.3) is 0 Å². The highest BCUT2D eigenvalue weighted by atomic mass is 35.5. The van der Waals surface area contributed by atoms with Crippen molar-refractivity contribution in [2.75, 3.05) is 0 Å². The lowest BCUT2D eigenvalue weighted by Gasteiger charge is -2.00. The first kappa shape index (κ1) is 8.73. The quantitative estimate of drug-likeness (QED) is 0.712. The fourth-order valence-electron chi connectivity index (χ4n) is 1.07. The Labute approximate surface area is 85.3 Å². The molecule has 0 aliphatic carbocycles. The van der Waals surface area contributed by atoms with Gasteiger partial charge in [0.1, 0.15) is 6.07 Å². The molecule has 1 heterocycles. The van der Waals surface area contributed by atoms with Gasteiger partial charge in [0.2, 0.25) is 0 Å². The van der Waals surface area contributed by atoms with Crippen LogP contribution in [0.4, 0.5) is 0 Å². The third-order valence-corrected chi connectivity index (χ3v) is 2.04. The van der Waals surface area contributed by atoms with Crippen molar-refractivity contribution in [3.63, 3.8) is 0 Å². The molecule has 2 rings (SSSR count). The van der Waals surface area contributed by atoms with Crippen molar-refractivity contribution in [3.8, 4) is 11.8 Å². The highest BCUT2D eigenvalue weighted by molar-refractivity contribution is 6.31. The van der Waals surface area contributed by atoms with E-state index in [9.17, 15) is 0 Å². The molecule has 0 fully saturated rings. The number of hydrogen-bond acceptors (Lipinski definition) is 3. The van der Waals surface area contributed by atoms with E-state index in [4.69, 9.17) is 16.9 Å². The van der Waals surface area contributed by atoms with E-state index in [2.05, 4.69) is 10.2 Å². The highest BCUT2D eigenvalue weighted by Gasteiger charge is 2.02. The summed E-state index contributed by atoms with van der Waals surface area (Å²) in [6.07, 6.45) is 3.15. The average molecular weight is 205 g/mol. The van der Waals surface area contributed by atoms with Crippen molar-refractivity contribution in [1.29, 1.82) is 5.26 Å². The largest absolute Gasteiger partial charge is 0.192 e. The summed E-state index contributed by atoms with van der Waals surface area (Å²) < 4.78 is 0. The van der Waals surface area contributed by atoms with E-state index in [0.29, 0.717) is 10.6 Å². The third-order valence-electron chi connectivity index (χ3n) is 1.72. The number of nitriles is 1. The maximum Gasteiger partial charge on any atom is 0.101 e. The van der Waals surface area contributed by atoms with Gasteiger partial charge in [-0.25, -0.2) is 0 Å². The zero-order valence-electron chi connectivity index (χ0n) is 7.05. The molecule has 0 amide bonds. The predicted octanol–water partition coefficient (Wildman–Crippen LogP) is 1.79. The SMILES string of the molecule is N#Cc1ccc(-n2nccn2)cc1Cl. The minimum atomic E-state index is 0.405. The minimum Gasteiger partial charge on any atom is -0.192 e. The number of hydrogen-bond donors (Lipinski definition) is 0. The second-order valence-electron chi connectivity index (χ2n) is 2.59. The maximum absolute atomic E-state index is 8.67. The lowest BCUT2D eigenvalue weighted by Crippen LogP contribution is -1.98. The van der Waals surface area contributed by atoms with Crippen LogP contribution in [0.5, 0.6) is 0 Å². The molecule has 0 saturated heterocycles. The molecule has 4 nitrogen and oxygen atoms in total. The molecule has 0 radical (unpaired) electrons. The molecule has 0 N–H and O–H groups in total. The van der Waals surface area contributed by atoms with Crippen LogP contribution in [0.25, 0.3) is 5.69 Å². The lowest BCUT2D eigenvalue weighted by atomic mass is 10.2. The van der Waals surface area contributed by atoms with Gasteiger partial charge >= 0.3 is 0 Å². The van der Waals surface area contributed by atoms with Crippen LogP contribution in [-0.4, -0.2) is 15.0 Å². The Morgan fingerprint density at radius 3 is 2.57 bits per heavy atom. The average Bonchev–Trinajstić information content (AvgIpc) is 2.70. The molecule has 0 unspecified atom stereocenters. The summed E-state index contributed by atoms with van der Waals surface area (Å²) >= 11 is 5.86. The number of benzene rings is 1. The fraction of sp³-hybridized carbons (Fsp3) is 0. The lowest BCUT2D eigenvalue weighted by molar-refractivity contribution is 0.752. The minimum absolute atomic E-state index is 0.405. The highest BCUT2D eigenvalue weighted by Crippen LogP contribution is 2.18. The summed E-state index contributed by atoms with van der Waals surface area (Å²) in [4.78, 5) is 1.44. The predicted molar refractivity (Wildman–Crippen MR) is 51.1 cm³/mol. The Morgan fingerprint density at radius 1 is 1.29 bits per heavy atom. The van der Waals surface area contributed by atoms with Gasteiger partial charge < -0.3 is 0 Å². The van der Waals surface area contributed by atoms with E-state index < -0.39 is 0 Å². The maximum atomic E-state index is 8.67. The molecule has 0 atom stereocenters. The van der Waals surface area contributed by atoms with E-state index in [1.807, 2.05) is 6.07 Å². The molecule has 0 spiro atoms. The van der Waals surface area contributed by atoms with Crippen LogP contribution in [0, 0.1) is 11.3 Å². The van der Waals surface area contributed by atoms with E-state index >= 15 is 0 Å². The molecule has 0 saturated carbocycles. The van der Waals surface area contributed by atoms with Crippen molar-refractivity contribution < 1.29 is 0 Å². The van der Waals surface area contributed by atoms with Crippen LogP contribution < -0.4 is 0 Å². The molecule has 0 bridgehead atoms. The van der Waals surface area contributed by atoms with Crippen molar-refractivity contribution in [2.45, 2.75) is 0 Å². The first-order valence-corrected chi connectivity index (χ1v) is 4.25. The van der Waals surface area contributed by atoms with Gasteiger partial charge in [-0.1, -0.05) is 11.6 Å². The fourth-order valence-corrected chi connectivity index (χ4v) is 1.29. The molecule has 0 aliphatic heterocycles. The third kappa shape index (κ3) is 1.45. The van der Waals surface area contributed by atoms with Crippen LogP contribution in [-0.2, 0) is 0 Å². The smallest absolute Gasteiger partial charge is 0.101 e. The summed E-state index contributed by atoms with van der Waals surface area (Å²) in [5.41, 5.74) is 1.18. The van der Waals surface area contributed by atoms with Crippen LogP contribution in [0.15, 0.2) is 30.6 Å².